The van der Waals surface area contributed by atoms with Crippen LogP contribution < -0.4 is 4.74 Å². The van der Waals surface area contributed by atoms with Gasteiger partial charge in [0.05, 0.1) is 4.90 Å². The van der Waals surface area contributed by atoms with Gasteiger partial charge in [-0.3, -0.25) is 0 Å². The smallest absolute Gasteiger partial charge is 0.397 e. The molecule has 0 spiro atoms. The molecule has 105 valence electrons. The molecule has 0 heterocycles. The van der Waals surface area contributed by atoms with Crippen LogP contribution in [0, 0.1) is 11.5 Å². The van der Waals surface area contributed by atoms with Gasteiger partial charge in [-0.1, -0.05) is 0 Å². The topological polar surface area (TPSA) is 43.4 Å². The molecule has 0 atom stereocenters. The lowest BCUT2D eigenvalue weighted by Crippen LogP contribution is -2.30. The first kappa shape index (κ1) is 14.2. The fourth-order valence-electron chi connectivity index (χ4n) is 1.59. The van der Waals surface area contributed by atoms with Crippen LogP contribution in [0.15, 0.2) is 23.1 Å². The standard InChI is InChI=1S/C12H12F3O3S/c1-19(16,17)10-4-2-9(3-5-10)18-8-11(6-7-11)12(13,14)15/h2,4-5H,6-8H2,1H3. The van der Waals surface area contributed by atoms with Crippen molar-refractivity contribution in [1.29, 1.82) is 0 Å². The van der Waals surface area contributed by atoms with Gasteiger partial charge in [-0.05, 0) is 31.0 Å². The second kappa shape index (κ2) is 4.40. The van der Waals surface area contributed by atoms with Gasteiger partial charge in [-0.25, -0.2) is 8.42 Å². The highest BCUT2D eigenvalue weighted by atomic mass is 32.2. The third-order valence-electron chi connectivity index (χ3n) is 3.14. The predicted octanol–water partition coefficient (Wildman–Crippen LogP) is 2.61. The Morgan fingerprint density at radius 3 is 2.37 bits per heavy atom. The van der Waals surface area contributed by atoms with Gasteiger partial charge in [0, 0.05) is 12.3 Å². The highest BCUT2D eigenvalue weighted by Crippen LogP contribution is 2.57. The maximum absolute atomic E-state index is 12.6. The summed E-state index contributed by atoms with van der Waals surface area (Å²) in [5.74, 6) is 0.114. The Hall–Kier alpha value is -1.24. The van der Waals surface area contributed by atoms with Gasteiger partial charge in [0.1, 0.15) is 17.8 Å². The first-order valence-corrected chi connectivity index (χ1v) is 7.45. The zero-order chi connectivity index (χ0) is 14.3. The Labute approximate surface area is 109 Å². The molecule has 1 fully saturated rings. The molecule has 0 aromatic heterocycles. The van der Waals surface area contributed by atoms with Crippen LogP contribution in [0.25, 0.3) is 0 Å². The van der Waals surface area contributed by atoms with E-state index in [9.17, 15) is 21.6 Å². The van der Waals surface area contributed by atoms with E-state index < -0.39 is 28.0 Å². The van der Waals surface area contributed by atoms with Gasteiger partial charge in [0.15, 0.2) is 9.84 Å². The lowest BCUT2D eigenvalue weighted by atomic mass is 10.1. The maximum Gasteiger partial charge on any atom is 0.397 e. The molecule has 0 aliphatic heterocycles. The first-order chi connectivity index (χ1) is 8.64. The maximum atomic E-state index is 12.6. The fraction of sp³-hybridized carbons (Fsp3) is 0.500. The summed E-state index contributed by atoms with van der Waals surface area (Å²) >= 11 is 0. The third-order valence-corrected chi connectivity index (χ3v) is 4.25. The minimum Gasteiger partial charge on any atom is -0.492 e. The quantitative estimate of drug-likeness (QED) is 0.857. The molecule has 3 nitrogen and oxygen atoms in total. The number of rotatable bonds is 4. The number of ether oxygens (including phenoxy) is 1. The monoisotopic (exact) mass is 293 g/mol. The summed E-state index contributed by atoms with van der Waals surface area (Å²) in [7, 11) is -3.34. The zero-order valence-electron chi connectivity index (χ0n) is 10.1. The second-order valence-corrected chi connectivity index (χ2v) is 6.74. The van der Waals surface area contributed by atoms with Crippen LogP contribution in [-0.2, 0) is 9.84 Å². The summed E-state index contributed by atoms with van der Waals surface area (Å²) in [6.45, 7) is -0.453. The van der Waals surface area contributed by atoms with Crippen molar-refractivity contribution in [2.24, 2.45) is 5.41 Å². The van der Waals surface area contributed by atoms with Gasteiger partial charge < -0.3 is 4.74 Å². The summed E-state index contributed by atoms with van der Waals surface area (Å²) < 4.78 is 65.4. The number of hydrogen-bond donors (Lipinski definition) is 0. The minimum atomic E-state index is -4.26. The summed E-state index contributed by atoms with van der Waals surface area (Å²) in [6.07, 6.45) is -3.09. The molecule has 2 rings (SSSR count). The van der Waals surface area contributed by atoms with Gasteiger partial charge in [-0.15, -0.1) is 0 Å². The Morgan fingerprint density at radius 1 is 1.37 bits per heavy atom. The van der Waals surface area contributed by atoms with Crippen LogP contribution in [0.5, 0.6) is 5.75 Å². The van der Waals surface area contributed by atoms with E-state index in [-0.39, 0.29) is 23.5 Å². The van der Waals surface area contributed by atoms with Crippen molar-refractivity contribution in [2.75, 3.05) is 12.9 Å². The van der Waals surface area contributed by atoms with Crippen molar-refractivity contribution in [1.82, 2.24) is 0 Å². The predicted molar refractivity (Wildman–Crippen MR) is 61.6 cm³/mol. The molecule has 1 aliphatic rings. The number of sulfone groups is 1. The van der Waals surface area contributed by atoms with Gasteiger partial charge in [-0.2, -0.15) is 13.2 Å². The zero-order valence-corrected chi connectivity index (χ0v) is 10.9. The number of alkyl halides is 3. The van der Waals surface area contributed by atoms with E-state index in [0.29, 0.717) is 0 Å². The molecule has 1 saturated carbocycles. The average molecular weight is 293 g/mol. The van der Waals surface area contributed by atoms with E-state index in [4.69, 9.17) is 4.74 Å². The normalized spacial score (nSPS) is 18.1. The molecular weight excluding hydrogens is 281 g/mol. The number of benzene rings is 1. The van der Waals surface area contributed by atoms with Crippen molar-refractivity contribution < 1.29 is 26.3 Å². The number of halogens is 3. The molecule has 0 N–H and O–H groups in total. The van der Waals surface area contributed by atoms with Crippen LogP contribution in [0.2, 0.25) is 0 Å². The Kier molecular flexibility index (Phi) is 3.28. The molecule has 0 unspecified atom stereocenters. The molecule has 19 heavy (non-hydrogen) atoms. The summed E-state index contributed by atoms with van der Waals surface area (Å²) in [5.41, 5.74) is -1.74. The number of hydrogen-bond acceptors (Lipinski definition) is 3. The molecule has 1 radical (unpaired) electrons. The first-order valence-electron chi connectivity index (χ1n) is 5.55. The highest BCUT2D eigenvalue weighted by Gasteiger charge is 2.63. The fourth-order valence-corrected chi connectivity index (χ4v) is 2.18. The van der Waals surface area contributed by atoms with Crippen LogP contribution in [-0.4, -0.2) is 27.5 Å². The lowest BCUT2D eigenvalue weighted by molar-refractivity contribution is -0.194. The second-order valence-electron chi connectivity index (χ2n) is 4.73. The van der Waals surface area contributed by atoms with E-state index in [1.807, 2.05) is 0 Å². The molecule has 1 aromatic carbocycles. The van der Waals surface area contributed by atoms with Gasteiger partial charge in [0.25, 0.3) is 0 Å². The molecule has 0 saturated heterocycles. The van der Waals surface area contributed by atoms with Gasteiger partial charge >= 0.3 is 6.18 Å². The van der Waals surface area contributed by atoms with Crippen molar-refractivity contribution in [3.63, 3.8) is 0 Å². The molecule has 1 aliphatic carbocycles. The Bertz CT molecular complexity index is 557. The molecule has 0 amide bonds. The van der Waals surface area contributed by atoms with Crippen LogP contribution in [0.1, 0.15) is 12.8 Å². The SMILES string of the molecule is CS(=O)(=O)c1c[c]c(OCC2(C(F)(F)F)CC2)cc1. The summed E-state index contributed by atoms with van der Waals surface area (Å²) in [4.78, 5) is 0.0526. The van der Waals surface area contributed by atoms with E-state index >= 15 is 0 Å². The van der Waals surface area contributed by atoms with Crippen LogP contribution >= 0.6 is 0 Å². The van der Waals surface area contributed by atoms with Crippen LogP contribution in [0.3, 0.4) is 0 Å². The lowest BCUT2D eigenvalue weighted by Gasteiger charge is -2.19. The van der Waals surface area contributed by atoms with E-state index in [0.717, 1.165) is 6.26 Å². The van der Waals surface area contributed by atoms with Crippen molar-refractivity contribution >= 4 is 9.84 Å². The van der Waals surface area contributed by atoms with Crippen molar-refractivity contribution in [3.05, 3.63) is 24.3 Å². The molecule has 7 heteroatoms. The largest absolute Gasteiger partial charge is 0.492 e. The summed E-state index contributed by atoms with van der Waals surface area (Å²) in [6, 6.07) is 6.31. The average Bonchev–Trinajstić information content (AvgIpc) is 3.06. The van der Waals surface area contributed by atoms with Gasteiger partial charge in [0.2, 0.25) is 0 Å². The minimum absolute atomic E-state index is 0.0526. The third kappa shape index (κ3) is 3.02. The molecule has 1 aromatic rings. The Morgan fingerprint density at radius 2 is 2.00 bits per heavy atom. The van der Waals surface area contributed by atoms with E-state index in [1.165, 1.54) is 18.2 Å². The Balaban J connectivity index is 2.02. The summed E-state index contributed by atoms with van der Waals surface area (Å²) in [5, 5.41) is 0. The van der Waals surface area contributed by atoms with E-state index in [1.54, 1.807) is 0 Å². The molecule has 0 bridgehead atoms. The van der Waals surface area contributed by atoms with E-state index in [2.05, 4.69) is 6.07 Å². The van der Waals surface area contributed by atoms with Crippen LogP contribution in [0.4, 0.5) is 13.2 Å². The highest BCUT2D eigenvalue weighted by molar-refractivity contribution is 7.90. The van der Waals surface area contributed by atoms with Crippen molar-refractivity contribution in [2.45, 2.75) is 23.9 Å². The molecular formula is C12H12F3O3S. The van der Waals surface area contributed by atoms with Crippen molar-refractivity contribution in [3.8, 4) is 5.75 Å².